The summed E-state index contributed by atoms with van der Waals surface area (Å²) in [5.41, 5.74) is 0.678. The van der Waals surface area contributed by atoms with Gasteiger partial charge >= 0.3 is 0 Å². The SMILES string of the molecule is CCCCN(CCCl)C(=O)c1cc(Br)cc(Br)c1. The normalized spacial score (nSPS) is 10.4. The minimum atomic E-state index is 0.0334. The molecule has 5 heteroatoms. The molecule has 0 unspecified atom stereocenters. The van der Waals surface area contributed by atoms with Gasteiger partial charge in [0.05, 0.1) is 0 Å². The van der Waals surface area contributed by atoms with Gasteiger partial charge in [0, 0.05) is 33.5 Å². The standard InChI is InChI=1S/C13H16Br2ClNO/c1-2-3-5-17(6-4-16)13(18)10-7-11(14)9-12(15)8-10/h7-9H,2-6H2,1H3. The maximum atomic E-state index is 12.4. The van der Waals surface area contributed by atoms with E-state index in [1.165, 1.54) is 0 Å². The van der Waals surface area contributed by atoms with Crippen LogP contribution in [0.25, 0.3) is 0 Å². The van der Waals surface area contributed by atoms with E-state index >= 15 is 0 Å². The van der Waals surface area contributed by atoms with Crippen molar-refractivity contribution in [3.05, 3.63) is 32.7 Å². The molecule has 0 spiro atoms. The first-order valence-electron chi connectivity index (χ1n) is 5.89. The van der Waals surface area contributed by atoms with Crippen LogP contribution in [0.4, 0.5) is 0 Å². The number of hydrogen-bond acceptors (Lipinski definition) is 1. The van der Waals surface area contributed by atoms with Gasteiger partial charge in [0.15, 0.2) is 0 Å². The summed E-state index contributed by atoms with van der Waals surface area (Å²) in [5, 5.41) is 0. The highest BCUT2D eigenvalue weighted by Crippen LogP contribution is 2.21. The van der Waals surface area contributed by atoms with Gasteiger partial charge in [-0.05, 0) is 24.6 Å². The summed E-state index contributed by atoms with van der Waals surface area (Å²) in [6.07, 6.45) is 2.06. The first kappa shape index (κ1) is 16.0. The van der Waals surface area contributed by atoms with Gasteiger partial charge in [-0.1, -0.05) is 45.2 Å². The van der Waals surface area contributed by atoms with E-state index in [0.29, 0.717) is 18.0 Å². The van der Waals surface area contributed by atoms with E-state index in [1.807, 2.05) is 23.1 Å². The monoisotopic (exact) mass is 395 g/mol. The highest BCUT2D eigenvalue weighted by molar-refractivity contribution is 9.11. The quantitative estimate of drug-likeness (QED) is 0.638. The predicted octanol–water partition coefficient (Wildman–Crippen LogP) is 4.69. The Bertz CT molecular complexity index is 392. The first-order valence-corrected chi connectivity index (χ1v) is 8.02. The van der Waals surface area contributed by atoms with E-state index in [-0.39, 0.29) is 5.91 Å². The van der Waals surface area contributed by atoms with Crippen molar-refractivity contribution >= 4 is 49.4 Å². The maximum Gasteiger partial charge on any atom is 0.253 e. The number of carbonyl (C=O) groups excluding carboxylic acids is 1. The van der Waals surface area contributed by atoms with Crippen LogP contribution in [0.5, 0.6) is 0 Å². The lowest BCUT2D eigenvalue weighted by atomic mass is 10.2. The third kappa shape index (κ3) is 4.90. The van der Waals surface area contributed by atoms with Gasteiger partial charge in [-0.3, -0.25) is 4.79 Å². The van der Waals surface area contributed by atoms with Crippen LogP contribution in [0.3, 0.4) is 0 Å². The Labute approximate surface area is 130 Å². The minimum absolute atomic E-state index is 0.0334. The van der Waals surface area contributed by atoms with Gasteiger partial charge in [0.1, 0.15) is 0 Å². The van der Waals surface area contributed by atoms with Crippen molar-refractivity contribution in [2.45, 2.75) is 19.8 Å². The van der Waals surface area contributed by atoms with Gasteiger partial charge in [-0.25, -0.2) is 0 Å². The fraction of sp³-hybridized carbons (Fsp3) is 0.462. The number of amides is 1. The Morgan fingerprint density at radius 3 is 2.33 bits per heavy atom. The van der Waals surface area contributed by atoms with Crippen LogP contribution >= 0.6 is 43.5 Å². The lowest BCUT2D eigenvalue weighted by molar-refractivity contribution is 0.0763. The van der Waals surface area contributed by atoms with Crippen LogP contribution < -0.4 is 0 Å². The Morgan fingerprint density at radius 1 is 1.22 bits per heavy atom. The Kier molecular flexibility index (Phi) is 7.27. The van der Waals surface area contributed by atoms with Crippen molar-refractivity contribution in [1.29, 1.82) is 0 Å². The van der Waals surface area contributed by atoms with Gasteiger partial charge < -0.3 is 4.90 Å². The van der Waals surface area contributed by atoms with Crippen LogP contribution in [0, 0.1) is 0 Å². The molecule has 0 bridgehead atoms. The first-order chi connectivity index (χ1) is 8.58. The van der Waals surface area contributed by atoms with Crippen molar-refractivity contribution in [1.82, 2.24) is 4.90 Å². The van der Waals surface area contributed by atoms with Crippen LogP contribution in [-0.4, -0.2) is 29.8 Å². The molecule has 100 valence electrons. The predicted molar refractivity (Wildman–Crippen MR) is 83.4 cm³/mol. The Balaban J connectivity index is 2.86. The molecule has 0 fully saturated rings. The van der Waals surface area contributed by atoms with Crippen molar-refractivity contribution in [2.24, 2.45) is 0 Å². The number of carbonyl (C=O) groups is 1. The second-order valence-electron chi connectivity index (χ2n) is 3.99. The zero-order chi connectivity index (χ0) is 13.5. The van der Waals surface area contributed by atoms with Gasteiger partial charge in [0.2, 0.25) is 0 Å². The zero-order valence-electron chi connectivity index (χ0n) is 10.3. The van der Waals surface area contributed by atoms with E-state index in [0.717, 1.165) is 28.3 Å². The molecule has 1 aromatic rings. The molecule has 1 aromatic carbocycles. The van der Waals surface area contributed by atoms with Crippen molar-refractivity contribution in [2.75, 3.05) is 19.0 Å². The summed E-state index contributed by atoms with van der Waals surface area (Å²) in [6.45, 7) is 3.45. The number of halogens is 3. The van der Waals surface area contributed by atoms with Crippen molar-refractivity contribution < 1.29 is 4.79 Å². The summed E-state index contributed by atoms with van der Waals surface area (Å²) in [5.74, 6) is 0.496. The van der Waals surface area contributed by atoms with Crippen LogP contribution in [0.2, 0.25) is 0 Å². The summed E-state index contributed by atoms with van der Waals surface area (Å²) in [4.78, 5) is 14.2. The summed E-state index contributed by atoms with van der Waals surface area (Å²) < 4.78 is 1.78. The van der Waals surface area contributed by atoms with Crippen molar-refractivity contribution in [3.63, 3.8) is 0 Å². The minimum Gasteiger partial charge on any atom is -0.337 e. The smallest absolute Gasteiger partial charge is 0.253 e. The molecule has 0 saturated carbocycles. The van der Waals surface area contributed by atoms with Gasteiger partial charge in [-0.2, -0.15) is 0 Å². The van der Waals surface area contributed by atoms with Crippen LogP contribution in [0.15, 0.2) is 27.1 Å². The second-order valence-corrected chi connectivity index (χ2v) is 6.20. The largest absolute Gasteiger partial charge is 0.337 e. The highest BCUT2D eigenvalue weighted by Gasteiger charge is 2.15. The number of benzene rings is 1. The Morgan fingerprint density at radius 2 is 1.83 bits per heavy atom. The molecule has 0 aliphatic carbocycles. The third-order valence-corrected chi connectivity index (χ3v) is 3.62. The molecule has 2 nitrogen and oxygen atoms in total. The second kappa shape index (κ2) is 8.18. The fourth-order valence-electron chi connectivity index (χ4n) is 1.63. The molecule has 0 atom stereocenters. The lowest BCUT2D eigenvalue weighted by Gasteiger charge is -2.21. The molecule has 0 N–H and O–H groups in total. The van der Waals surface area contributed by atoms with Crippen LogP contribution in [0.1, 0.15) is 30.1 Å². The van der Waals surface area contributed by atoms with Crippen LogP contribution in [-0.2, 0) is 0 Å². The zero-order valence-corrected chi connectivity index (χ0v) is 14.2. The molecule has 1 rings (SSSR count). The summed E-state index contributed by atoms with van der Waals surface area (Å²) in [7, 11) is 0. The molecule has 0 aromatic heterocycles. The average molecular weight is 398 g/mol. The highest BCUT2D eigenvalue weighted by atomic mass is 79.9. The van der Waals surface area contributed by atoms with Gasteiger partial charge in [-0.15, -0.1) is 11.6 Å². The van der Waals surface area contributed by atoms with E-state index < -0.39 is 0 Å². The molecule has 1 amide bonds. The maximum absolute atomic E-state index is 12.4. The van der Waals surface area contributed by atoms with Gasteiger partial charge in [0.25, 0.3) is 5.91 Å². The lowest BCUT2D eigenvalue weighted by Crippen LogP contribution is -2.33. The molecule has 0 heterocycles. The van der Waals surface area contributed by atoms with E-state index in [1.54, 1.807) is 0 Å². The number of unbranched alkanes of at least 4 members (excludes halogenated alkanes) is 1. The summed E-state index contributed by atoms with van der Waals surface area (Å²) >= 11 is 12.5. The molecule has 0 saturated heterocycles. The van der Waals surface area contributed by atoms with E-state index in [9.17, 15) is 4.79 Å². The third-order valence-electron chi connectivity index (χ3n) is 2.53. The molecular weight excluding hydrogens is 381 g/mol. The molecular formula is C13H16Br2ClNO. The fourth-order valence-corrected chi connectivity index (χ4v) is 3.12. The number of hydrogen-bond donors (Lipinski definition) is 0. The summed E-state index contributed by atoms with van der Waals surface area (Å²) in [6, 6.07) is 5.58. The molecule has 0 aliphatic rings. The molecule has 18 heavy (non-hydrogen) atoms. The van der Waals surface area contributed by atoms with E-state index in [4.69, 9.17) is 11.6 Å². The number of nitrogens with zero attached hydrogens (tertiary/aromatic N) is 1. The van der Waals surface area contributed by atoms with E-state index in [2.05, 4.69) is 38.8 Å². The number of rotatable bonds is 6. The topological polar surface area (TPSA) is 20.3 Å². The molecule has 0 radical (unpaired) electrons. The molecule has 0 aliphatic heterocycles. The Hall–Kier alpha value is -0.0600. The average Bonchev–Trinajstić information content (AvgIpc) is 2.32. The van der Waals surface area contributed by atoms with Crippen molar-refractivity contribution in [3.8, 4) is 0 Å². The number of alkyl halides is 1.